The molecule has 30 heavy (non-hydrogen) atoms. The van der Waals surface area contributed by atoms with Crippen LogP contribution in [0.25, 0.3) is 0 Å². The molecule has 4 atom stereocenters. The van der Waals surface area contributed by atoms with Crippen LogP contribution in [-0.4, -0.2) is 52.5 Å². The molecular weight excluding hydrogens is 384 g/mol. The zero-order valence-corrected chi connectivity index (χ0v) is 18.6. The van der Waals surface area contributed by atoms with Gasteiger partial charge in [0.1, 0.15) is 0 Å². The number of carboxylic acids is 1. The summed E-state index contributed by atoms with van der Waals surface area (Å²) in [6.45, 7) is 3.48. The smallest absolute Gasteiger partial charge is 0.303 e. The van der Waals surface area contributed by atoms with Gasteiger partial charge < -0.3 is 24.8 Å². The van der Waals surface area contributed by atoms with Crippen molar-refractivity contribution in [3.63, 3.8) is 0 Å². The SMILES string of the molecule is CCCCCCCC1(CCC2C(O)CC(O)C2C/C=C/CCCC(=O)O)OCCO1. The van der Waals surface area contributed by atoms with Gasteiger partial charge in [0, 0.05) is 19.3 Å². The second kappa shape index (κ2) is 13.5. The minimum Gasteiger partial charge on any atom is -0.481 e. The lowest BCUT2D eigenvalue weighted by Crippen LogP contribution is -2.33. The molecule has 2 rings (SSSR count). The largest absolute Gasteiger partial charge is 0.481 e. The first-order valence-corrected chi connectivity index (χ1v) is 12.0. The molecule has 0 aromatic rings. The molecule has 2 aliphatic rings. The number of allylic oxidation sites excluding steroid dienone is 2. The van der Waals surface area contributed by atoms with Gasteiger partial charge in [-0.05, 0) is 50.4 Å². The molecule has 0 radical (unpaired) electrons. The standard InChI is InChI=1S/C24H42O6/c1-2-3-4-7-10-14-24(29-16-17-30-24)15-13-20-19(21(25)18-22(20)26)11-8-5-6-9-12-23(27)28/h5,8,19-22,25-26H,2-4,6-7,9-18H2,1H3,(H,27,28)/b8-5+. The lowest BCUT2D eigenvalue weighted by Gasteiger charge is -2.31. The van der Waals surface area contributed by atoms with Crippen molar-refractivity contribution >= 4 is 5.97 Å². The average Bonchev–Trinajstić information content (AvgIpc) is 3.27. The van der Waals surface area contributed by atoms with Crippen LogP contribution in [0.5, 0.6) is 0 Å². The fraction of sp³-hybridized carbons (Fsp3) is 0.875. The normalized spacial score (nSPS) is 28.5. The molecule has 1 saturated carbocycles. The number of aliphatic hydroxyl groups is 2. The number of hydrogen-bond donors (Lipinski definition) is 3. The van der Waals surface area contributed by atoms with E-state index in [1.807, 2.05) is 12.2 Å². The maximum Gasteiger partial charge on any atom is 0.303 e. The molecule has 1 aliphatic heterocycles. The first-order chi connectivity index (χ1) is 14.5. The predicted octanol–water partition coefficient (Wildman–Crippen LogP) is 4.43. The highest BCUT2D eigenvalue weighted by Gasteiger charge is 2.43. The summed E-state index contributed by atoms with van der Waals surface area (Å²) in [7, 11) is 0. The fourth-order valence-electron chi connectivity index (χ4n) is 4.94. The Balaban J connectivity index is 1.82. The zero-order chi connectivity index (χ0) is 21.8. The third kappa shape index (κ3) is 8.29. The minimum absolute atomic E-state index is 0.0266. The van der Waals surface area contributed by atoms with Crippen LogP contribution in [0.3, 0.4) is 0 Å². The van der Waals surface area contributed by atoms with E-state index >= 15 is 0 Å². The van der Waals surface area contributed by atoms with Crippen LogP contribution in [0.1, 0.15) is 90.4 Å². The lowest BCUT2D eigenvalue weighted by molar-refractivity contribution is -0.171. The third-order valence-electron chi connectivity index (χ3n) is 6.69. The number of hydrogen-bond acceptors (Lipinski definition) is 5. The molecule has 0 spiro atoms. The van der Waals surface area contributed by atoms with Gasteiger partial charge in [-0.15, -0.1) is 0 Å². The van der Waals surface area contributed by atoms with Crippen LogP contribution in [0.4, 0.5) is 0 Å². The van der Waals surface area contributed by atoms with Gasteiger partial charge in [0.05, 0.1) is 25.4 Å². The summed E-state index contributed by atoms with van der Waals surface area (Å²) in [5.41, 5.74) is 0. The van der Waals surface area contributed by atoms with Crippen LogP contribution in [0.15, 0.2) is 12.2 Å². The minimum atomic E-state index is -0.770. The number of unbranched alkanes of at least 4 members (excludes halogenated alkanes) is 5. The monoisotopic (exact) mass is 426 g/mol. The summed E-state index contributed by atoms with van der Waals surface area (Å²) in [6.07, 6.45) is 14.2. The first-order valence-electron chi connectivity index (χ1n) is 12.0. The average molecular weight is 427 g/mol. The lowest BCUT2D eigenvalue weighted by atomic mass is 9.85. The van der Waals surface area contributed by atoms with Gasteiger partial charge in [-0.2, -0.15) is 0 Å². The predicted molar refractivity (Wildman–Crippen MR) is 116 cm³/mol. The summed E-state index contributed by atoms with van der Waals surface area (Å²) in [5, 5.41) is 29.7. The summed E-state index contributed by atoms with van der Waals surface area (Å²) < 4.78 is 12.0. The van der Waals surface area contributed by atoms with E-state index in [1.54, 1.807) is 0 Å². The molecule has 6 heteroatoms. The van der Waals surface area contributed by atoms with Gasteiger partial charge in [0.25, 0.3) is 0 Å². The van der Waals surface area contributed by atoms with Crippen molar-refractivity contribution in [2.24, 2.45) is 11.8 Å². The van der Waals surface area contributed by atoms with E-state index in [1.165, 1.54) is 25.7 Å². The van der Waals surface area contributed by atoms with E-state index in [-0.39, 0.29) is 18.3 Å². The van der Waals surface area contributed by atoms with E-state index in [9.17, 15) is 15.0 Å². The second-order valence-corrected chi connectivity index (χ2v) is 9.00. The molecule has 6 nitrogen and oxygen atoms in total. The summed E-state index contributed by atoms with van der Waals surface area (Å²) >= 11 is 0. The summed E-state index contributed by atoms with van der Waals surface area (Å²) in [6, 6.07) is 0. The van der Waals surface area contributed by atoms with Crippen molar-refractivity contribution in [1.82, 2.24) is 0 Å². The van der Waals surface area contributed by atoms with Crippen molar-refractivity contribution in [2.45, 2.75) is 108 Å². The Bertz CT molecular complexity index is 514. The maximum absolute atomic E-state index is 10.6. The Morgan fingerprint density at radius 2 is 1.67 bits per heavy atom. The van der Waals surface area contributed by atoms with E-state index in [0.717, 1.165) is 32.1 Å². The van der Waals surface area contributed by atoms with Crippen LogP contribution < -0.4 is 0 Å². The molecule has 0 amide bonds. The Hall–Kier alpha value is -0.950. The number of ether oxygens (including phenoxy) is 2. The molecule has 0 bridgehead atoms. The number of carboxylic acid groups (broad SMARTS) is 1. The number of aliphatic carboxylic acids is 1. The fourth-order valence-corrected chi connectivity index (χ4v) is 4.94. The maximum atomic E-state index is 10.6. The number of aliphatic hydroxyl groups excluding tert-OH is 2. The Morgan fingerprint density at radius 1 is 0.967 bits per heavy atom. The Kier molecular flexibility index (Phi) is 11.4. The molecule has 174 valence electrons. The van der Waals surface area contributed by atoms with Gasteiger partial charge in [0.15, 0.2) is 5.79 Å². The van der Waals surface area contributed by atoms with Crippen molar-refractivity contribution in [3.05, 3.63) is 12.2 Å². The molecule has 0 aromatic carbocycles. The molecule has 1 aliphatic carbocycles. The molecule has 1 heterocycles. The highest BCUT2D eigenvalue weighted by Crippen LogP contribution is 2.41. The van der Waals surface area contributed by atoms with Crippen LogP contribution >= 0.6 is 0 Å². The van der Waals surface area contributed by atoms with Gasteiger partial charge in [0.2, 0.25) is 0 Å². The van der Waals surface area contributed by atoms with E-state index in [4.69, 9.17) is 14.6 Å². The third-order valence-corrected chi connectivity index (χ3v) is 6.69. The van der Waals surface area contributed by atoms with Gasteiger partial charge in [-0.1, -0.05) is 44.8 Å². The topological polar surface area (TPSA) is 96.2 Å². The van der Waals surface area contributed by atoms with Gasteiger partial charge in [-0.25, -0.2) is 0 Å². The second-order valence-electron chi connectivity index (χ2n) is 9.00. The number of rotatable bonds is 15. The van der Waals surface area contributed by atoms with Crippen LogP contribution in [-0.2, 0) is 14.3 Å². The first kappa shape index (κ1) is 25.3. The summed E-state index contributed by atoms with van der Waals surface area (Å²) in [5.74, 6) is -1.22. The highest BCUT2D eigenvalue weighted by molar-refractivity contribution is 5.66. The molecule has 1 saturated heterocycles. The molecule has 4 unspecified atom stereocenters. The number of carbonyl (C=O) groups is 1. The van der Waals surface area contributed by atoms with Gasteiger partial charge >= 0.3 is 5.97 Å². The molecule has 0 aromatic heterocycles. The van der Waals surface area contributed by atoms with Crippen LogP contribution in [0.2, 0.25) is 0 Å². The molecule has 3 N–H and O–H groups in total. The quantitative estimate of drug-likeness (QED) is 0.265. The summed E-state index contributed by atoms with van der Waals surface area (Å²) in [4.78, 5) is 10.6. The van der Waals surface area contributed by atoms with Gasteiger partial charge in [-0.3, -0.25) is 4.79 Å². The van der Waals surface area contributed by atoms with Crippen LogP contribution in [0, 0.1) is 11.8 Å². The van der Waals surface area contributed by atoms with Crippen molar-refractivity contribution < 1.29 is 29.6 Å². The van der Waals surface area contributed by atoms with E-state index in [0.29, 0.717) is 32.5 Å². The van der Waals surface area contributed by atoms with E-state index < -0.39 is 24.0 Å². The molecular formula is C24H42O6. The zero-order valence-electron chi connectivity index (χ0n) is 18.6. The van der Waals surface area contributed by atoms with Crippen molar-refractivity contribution in [3.8, 4) is 0 Å². The van der Waals surface area contributed by atoms with Crippen molar-refractivity contribution in [1.29, 1.82) is 0 Å². The molecule has 2 fully saturated rings. The Labute approximate surface area is 181 Å². The Morgan fingerprint density at radius 3 is 2.37 bits per heavy atom. The van der Waals surface area contributed by atoms with E-state index in [2.05, 4.69) is 6.92 Å². The highest BCUT2D eigenvalue weighted by atomic mass is 16.7. The van der Waals surface area contributed by atoms with Crippen molar-refractivity contribution in [2.75, 3.05) is 13.2 Å².